The smallest absolute Gasteiger partial charge is 0.324 e. The van der Waals surface area contributed by atoms with Crippen molar-refractivity contribution in [3.63, 3.8) is 0 Å². The topological polar surface area (TPSA) is 91.0 Å². The molecule has 8 nitrogen and oxygen atoms in total. The van der Waals surface area contributed by atoms with Gasteiger partial charge >= 0.3 is 12.0 Å². The van der Waals surface area contributed by atoms with Crippen LogP contribution in [0.1, 0.15) is 29.6 Å². The Balaban J connectivity index is 1.56. The second kappa shape index (κ2) is 8.85. The summed E-state index contributed by atoms with van der Waals surface area (Å²) in [4.78, 5) is 39.7. The van der Waals surface area contributed by atoms with Crippen molar-refractivity contribution in [1.29, 1.82) is 0 Å². The van der Waals surface area contributed by atoms with Crippen LogP contribution in [0, 0.1) is 0 Å². The van der Waals surface area contributed by atoms with E-state index in [0.717, 1.165) is 38.2 Å². The van der Waals surface area contributed by atoms with Crippen molar-refractivity contribution in [3.8, 4) is 0 Å². The van der Waals surface area contributed by atoms with Crippen LogP contribution in [-0.2, 0) is 9.53 Å². The Bertz CT molecular complexity index is 685. The van der Waals surface area contributed by atoms with Crippen molar-refractivity contribution in [2.24, 2.45) is 0 Å². The normalized spacial score (nSPS) is 17.9. The van der Waals surface area contributed by atoms with Gasteiger partial charge in [0.25, 0.3) is 5.91 Å². The number of nitrogens with one attached hydrogen (secondary N) is 2. The van der Waals surface area contributed by atoms with Crippen LogP contribution < -0.4 is 15.5 Å². The van der Waals surface area contributed by atoms with Crippen molar-refractivity contribution in [2.75, 3.05) is 44.7 Å². The lowest BCUT2D eigenvalue weighted by atomic mass is 10.1. The first-order valence-electron chi connectivity index (χ1n) is 9.34. The van der Waals surface area contributed by atoms with Crippen LogP contribution in [0.5, 0.6) is 0 Å². The number of ether oxygens (including phenoxy) is 1. The van der Waals surface area contributed by atoms with Crippen molar-refractivity contribution < 1.29 is 19.1 Å². The van der Waals surface area contributed by atoms with E-state index in [2.05, 4.69) is 15.4 Å². The van der Waals surface area contributed by atoms with Crippen LogP contribution >= 0.6 is 0 Å². The van der Waals surface area contributed by atoms with E-state index in [1.807, 2.05) is 4.90 Å². The lowest BCUT2D eigenvalue weighted by Gasteiger charge is -2.31. The highest BCUT2D eigenvalue weighted by molar-refractivity contribution is 5.97. The second-order valence-electron chi connectivity index (χ2n) is 6.74. The zero-order valence-electron chi connectivity index (χ0n) is 15.6. The Kier molecular flexibility index (Phi) is 6.28. The molecule has 0 spiro atoms. The van der Waals surface area contributed by atoms with Gasteiger partial charge in [-0.3, -0.25) is 14.5 Å². The van der Waals surface area contributed by atoms with E-state index in [1.54, 1.807) is 29.2 Å². The first-order chi connectivity index (χ1) is 13.1. The molecule has 0 atom stereocenters. The molecule has 0 unspecified atom stereocenters. The van der Waals surface area contributed by atoms with Crippen LogP contribution in [0.2, 0.25) is 0 Å². The number of urea groups is 1. The maximum absolute atomic E-state index is 12.8. The highest BCUT2D eigenvalue weighted by atomic mass is 16.5. The standard InChI is InChI=1S/C19H26N4O4/c1-27-17(24)8-11-21-18(25)14-2-4-15(5-3-14)22-12-13-23(19(22)26)16-6-9-20-10-7-16/h2-5,16,20H,6-13H2,1H3,(H,21,25). The molecule has 2 saturated heterocycles. The lowest BCUT2D eigenvalue weighted by molar-refractivity contribution is -0.140. The zero-order chi connectivity index (χ0) is 19.2. The summed E-state index contributed by atoms with van der Waals surface area (Å²) in [6.07, 6.45) is 2.11. The van der Waals surface area contributed by atoms with Crippen molar-refractivity contribution in [3.05, 3.63) is 29.8 Å². The third-order valence-corrected chi connectivity index (χ3v) is 5.07. The van der Waals surface area contributed by atoms with E-state index in [0.29, 0.717) is 18.2 Å². The third kappa shape index (κ3) is 4.57. The van der Waals surface area contributed by atoms with E-state index in [4.69, 9.17) is 0 Å². The van der Waals surface area contributed by atoms with Crippen LogP contribution in [0.4, 0.5) is 10.5 Å². The Hall–Kier alpha value is -2.61. The van der Waals surface area contributed by atoms with Gasteiger partial charge in [-0.05, 0) is 50.2 Å². The predicted molar refractivity (Wildman–Crippen MR) is 101 cm³/mol. The average molecular weight is 374 g/mol. The summed E-state index contributed by atoms with van der Waals surface area (Å²) in [5.41, 5.74) is 1.29. The van der Waals surface area contributed by atoms with Gasteiger partial charge in [0, 0.05) is 36.9 Å². The Morgan fingerprint density at radius 2 is 1.89 bits per heavy atom. The van der Waals surface area contributed by atoms with E-state index in [1.165, 1.54) is 7.11 Å². The number of rotatable bonds is 6. The van der Waals surface area contributed by atoms with Gasteiger partial charge < -0.3 is 20.3 Å². The Morgan fingerprint density at radius 3 is 2.56 bits per heavy atom. The Labute approximate surface area is 158 Å². The molecular weight excluding hydrogens is 348 g/mol. The zero-order valence-corrected chi connectivity index (χ0v) is 15.6. The van der Waals surface area contributed by atoms with Crippen LogP contribution in [0.15, 0.2) is 24.3 Å². The number of carbonyl (C=O) groups is 3. The number of benzene rings is 1. The molecule has 2 aliphatic rings. The molecular formula is C19H26N4O4. The number of anilines is 1. The number of esters is 1. The van der Waals surface area contributed by atoms with Crippen molar-refractivity contribution in [1.82, 2.24) is 15.5 Å². The van der Waals surface area contributed by atoms with Gasteiger partial charge in [-0.15, -0.1) is 0 Å². The molecule has 1 aromatic rings. The van der Waals surface area contributed by atoms with Crippen LogP contribution in [0.3, 0.4) is 0 Å². The molecule has 3 amide bonds. The van der Waals surface area contributed by atoms with Gasteiger partial charge in [0.2, 0.25) is 0 Å². The summed E-state index contributed by atoms with van der Waals surface area (Å²) in [7, 11) is 1.31. The molecule has 27 heavy (non-hydrogen) atoms. The number of hydrogen-bond donors (Lipinski definition) is 2. The highest BCUT2D eigenvalue weighted by Gasteiger charge is 2.34. The summed E-state index contributed by atoms with van der Waals surface area (Å²) < 4.78 is 4.54. The summed E-state index contributed by atoms with van der Waals surface area (Å²) in [6.45, 7) is 3.53. The van der Waals surface area contributed by atoms with Crippen LogP contribution in [-0.4, -0.2) is 68.7 Å². The molecule has 3 rings (SSSR count). The number of piperidine rings is 1. The fourth-order valence-corrected chi connectivity index (χ4v) is 3.53. The minimum Gasteiger partial charge on any atom is -0.469 e. The molecule has 1 aromatic carbocycles. The number of carbonyl (C=O) groups excluding carboxylic acids is 3. The van der Waals surface area contributed by atoms with Gasteiger partial charge in [-0.1, -0.05) is 0 Å². The molecule has 2 heterocycles. The minimum absolute atomic E-state index is 0.0391. The monoisotopic (exact) mass is 374 g/mol. The second-order valence-corrected chi connectivity index (χ2v) is 6.74. The quantitative estimate of drug-likeness (QED) is 0.724. The van der Waals surface area contributed by atoms with Gasteiger partial charge in [-0.25, -0.2) is 4.79 Å². The largest absolute Gasteiger partial charge is 0.469 e. The first kappa shape index (κ1) is 19.2. The van der Waals surface area contributed by atoms with E-state index < -0.39 is 0 Å². The van der Waals surface area contributed by atoms with Gasteiger partial charge in [0.05, 0.1) is 13.5 Å². The number of methoxy groups -OCH3 is 1. The number of amides is 3. The van der Waals surface area contributed by atoms with Gasteiger partial charge in [0.15, 0.2) is 0 Å². The van der Waals surface area contributed by atoms with Crippen molar-refractivity contribution >= 4 is 23.6 Å². The average Bonchev–Trinajstić information content (AvgIpc) is 3.09. The van der Waals surface area contributed by atoms with Gasteiger partial charge in [0.1, 0.15) is 0 Å². The fraction of sp³-hybridized carbons (Fsp3) is 0.526. The van der Waals surface area contributed by atoms with Crippen molar-refractivity contribution in [2.45, 2.75) is 25.3 Å². The SMILES string of the molecule is COC(=O)CCNC(=O)c1ccc(N2CCN(C3CCNCC3)C2=O)cc1. The maximum Gasteiger partial charge on any atom is 0.324 e. The summed E-state index contributed by atoms with van der Waals surface area (Å²) in [5, 5.41) is 6.00. The molecule has 2 N–H and O–H groups in total. The molecule has 0 bridgehead atoms. The number of hydrogen-bond acceptors (Lipinski definition) is 5. The van der Waals surface area contributed by atoms with E-state index in [9.17, 15) is 14.4 Å². The van der Waals surface area contributed by atoms with Crippen LogP contribution in [0.25, 0.3) is 0 Å². The molecule has 8 heteroatoms. The summed E-state index contributed by atoms with van der Waals surface area (Å²) in [6, 6.07) is 7.32. The molecule has 0 saturated carbocycles. The molecule has 2 aliphatic heterocycles. The predicted octanol–water partition coefficient (Wildman–Crippen LogP) is 0.974. The molecule has 0 radical (unpaired) electrons. The summed E-state index contributed by atoms with van der Waals surface area (Å²) >= 11 is 0. The number of nitrogens with zero attached hydrogens (tertiary/aromatic N) is 2. The third-order valence-electron chi connectivity index (χ3n) is 5.07. The highest BCUT2D eigenvalue weighted by Crippen LogP contribution is 2.24. The fourth-order valence-electron chi connectivity index (χ4n) is 3.53. The Morgan fingerprint density at radius 1 is 1.19 bits per heavy atom. The molecule has 146 valence electrons. The molecule has 0 aromatic heterocycles. The summed E-state index contributed by atoms with van der Waals surface area (Å²) in [5.74, 6) is -0.619. The van der Waals surface area contributed by atoms with E-state index in [-0.39, 0.29) is 30.9 Å². The molecule has 2 fully saturated rings. The lowest BCUT2D eigenvalue weighted by Crippen LogP contribution is -2.45. The van der Waals surface area contributed by atoms with E-state index >= 15 is 0 Å². The maximum atomic E-state index is 12.8. The van der Waals surface area contributed by atoms with Gasteiger partial charge in [-0.2, -0.15) is 0 Å². The first-order valence-corrected chi connectivity index (χ1v) is 9.34. The minimum atomic E-state index is -0.364. The molecule has 0 aliphatic carbocycles.